The van der Waals surface area contributed by atoms with Crippen molar-refractivity contribution in [3.63, 3.8) is 0 Å². The van der Waals surface area contributed by atoms with Gasteiger partial charge in [-0.3, -0.25) is 0 Å². The molecule has 0 saturated carbocycles. The van der Waals surface area contributed by atoms with Crippen molar-refractivity contribution >= 4 is 29.1 Å². The molecule has 1 aromatic carbocycles. The number of piperidine rings is 1. The van der Waals surface area contributed by atoms with Crippen LogP contribution in [-0.2, 0) is 12.6 Å². The van der Waals surface area contributed by atoms with Gasteiger partial charge >= 0.3 is 6.18 Å². The normalized spacial score (nSPS) is 16.8. The molecule has 10 heteroatoms. The molecule has 2 aromatic rings. The van der Waals surface area contributed by atoms with Crippen LogP contribution >= 0.6 is 12.2 Å². The number of nitrogens with zero attached hydrogens (tertiary/aromatic N) is 3. The highest BCUT2D eigenvalue weighted by molar-refractivity contribution is 7.80. The number of hydrogen-bond acceptors (Lipinski definition) is 4. The van der Waals surface area contributed by atoms with E-state index in [4.69, 9.17) is 12.2 Å². The summed E-state index contributed by atoms with van der Waals surface area (Å²) in [7, 11) is 0. The van der Waals surface area contributed by atoms with E-state index < -0.39 is 11.9 Å². The Bertz CT molecular complexity index is 888. The zero-order chi connectivity index (χ0) is 22.4. The molecule has 1 aliphatic rings. The lowest BCUT2D eigenvalue weighted by Crippen LogP contribution is -2.38. The number of aromatic nitrogens is 2. The molecule has 0 unspecified atom stereocenters. The van der Waals surface area contributed by atoms with E-state index in [1.807, 2.05) is 11.8 Å². The van der Waals surface area contributed by atoms with Gasteiger partial charge in [0, 0.05) is 25.2 Å². The SMILES string of the molecule is C[C@H]1CCCCN1c1cc(C(F)(F)F)nc(NC(=S)NCCCc2ccc(F)cc2)n1. The van der Waals surface area contributed by atoms with Crippen LogP contribution in [0.3, 0.4) is 0 Å². The van der Waals surface area contributed by atoms with Crippen molar-refractivity contribution in [1.29, 1.82) is 0 Å². The molecule has 1 aromatic heterocycles. The van der Waals surface area contributed by atoms with Crippen LogP contribution in [0.4, 0.5) is 29.3 Å². The molecule has 31 heavy (non-hydrogen) atoms. The Morgan fingerprint density at radius 3 is 2.61 bits per heavy atom. The molecule has 5 nitrogen and oxygen atoms in total. The van der Waals surface area contributed by atoms with Gasteiger partial charge < -0.3 is 15.5 Å². The summed E-state index contributed by atoms with van der Waals surface area (Å²) in [5.41, 5.74) is -0.0135. The van der Waals surface area contributed by atoms with Crippen molar-refractivity contribution in [2.24, 2.45) is 0 Å². The van der Waals surface area contributed by atoms with Gasteiger partial charge in [0.25, 0.3) is 0 Å². The number of benzene rings is 1. The van der Waals surface area contributed by atoms with E-state index in [0.717, 1.165) is 30.9 Å². The number of rotatable bonds is 6. The number of nitrogens with one attached hydrogen (secondary N) is 2. The van der Waals surface area contributed by atoms with Gasteiger partial charge in [-0.2, -0.15) is 18.2 Å². The van der Waals surface area contributed by atoms with E-state index in [-0.39, 0.29) is 28.7 Å². The fraction of sp³-hybridized carbons (Fsp3) is 0.476. The first-order chi connectivity index (χ1) is 14.7. The van der Waals surface area contributed by atoms with Gasteiger partial charge in [0.15, 0.2) is 10.8 Å². The monoisotopic (exact) mass is 455 g/mol. The third-order valence-electron chi connectivity index (χ3n) is 5.17. The quantitative estimate of drug-likeness (QED) is 0.366. The minimum atomic E-state index is -4.59. The van der Waals surface area contributed by atoms with Gasteiger partial charge in [-0.05, 0) is 68.9 Å². The Morgan fingerprint density at radius 1 is 1.19 bits per heavy atom. The predicted octanol–water partition coefficient (Wildman–Crippen LogP) is 4.93. The Kier molecular flexibility index (Phi) is 7.64. The second-order valence-electron chi connectivity index (χ2n) is 7.58. The molecule has 1 aliphatic heterocycles. The van der Waals surface area contributed by atoms with Crippen LogP contribution in [0.1, 0.15) is 43.9 Å². The molecule has 1 saturated heterocycles. The largest absolute Gasteiger partial charge is 0.433 e. The standard InChI is InChI=1S/C21H25F4N5S/c1-14-5-2-3-12-30(14)18-13-17(21(23,24)25)27-19(28-18)29-20(31)26-11-4-6-15-7-9-16(22)10-8-15/h7-10,13-14H,2-6,11-12H2,1H3,(H2,26,27,28,29,31)/t14-/m0/s1. The molecular weight excluding hydrogens is 430 g/mol. The highest BCUT2D eigenvalue weighted by Gasteiger charge is 2.35. The van der Waals surface area contributed by atoms with Gasteiger partial charge in [-0.15, -0.1) is 0 Å². The zero-order valence-electron chi connectivity index (χ0n) is 17.2. The number of thiocarbonyl (C=S) groups is 1. The molecule has 0 bridgehead atoms. The van der Waals surface area contributed by atoms with E-state index in [9.17, 15) is 17.6 Å². The molecule has 2 N–H and O–H groups in total. The van der Waals surface area contributed by atoms with E-state index in [0.29, 0.717) is 25.9 Å². The lowest BCUT2D eigenvalue weighted by atomic mass is 10.0. The number of aryl methyl sites for hydroxylation is 1. The van der Waals surface area contributed by atoms with Crippen LogP contribution in [0, 0.1) is 5.82 Å². The molecule has 1 fully saturated rings. The highest BCUT2D eigenvalue weighted by Crippen LogP contribution is 2.32. The number of alkyl halides is 3. The van der Waals surface area contributed by atoms with E-state index in [2.05, 4.69) is 20.6 Å². The molecule has 168 valence electrons. The summed E-state index contributed by atoms with van der Waals surface area (Å²) in [5.74, 6) is -0.221. The summed E-state index contributed by atoms with van der Waals surface area (Å²) in [4.78, 5) is 9.78. The van der Waals surface area contributed by atoms with Crippen molar-refractivity contribution < 1.29 is 17.6 Å². The van der Waals surface area contributed by atoms with Gasteiger partial charge in [-0.25, -0.2) is 9.37 Å². The summed E-state index contributed by atoms with van der Waals surface area (Å²) >= 11 is 5.20. The topological polar surface area (TPSA) is 53.1 Å². The fourth-order valence-electron chi connectivity index (χ4n) is 3.51. The Hall–Kier alpha value is -2.49. The third kappa shape index (κ3) is 6.75. The van der Waals surface area contributed by atoms with Gasteiger partial charge in [-0.1, -0.05) is 12.1 Å². The third-order valence-corrected chi connectivity index (χ3v) is 5.41. The first-order valence-electron chi connectivity index (χ1n) is 10.2. The lowest BCUT2D eigenvalue weighted by Gasteiger charge is -2.34. The average molecular weight is 456 g/mol. The van der Waals surface area contributed by atoms with Crippen LogP contribution in [0.15, 0.2) is 30.3 Å². The Labute approximate surface area is 184 Å². The van der Waals surface area contributed by atoms with Crippen molar-refractivity contribution in [1.82, 2.24) is 15.3 Å². The molecule has 0 radical (unpaired) electrons. The minimum absolute atomic E-state index is 0.106. The Morgan fingerprint density at radius 2 is 1.94 bits per heavy atom. The molecule has 0 amide bonds. The van der Waals surface area contributed by atoms with Gasteiger partial charge in [0.05, 0.1) is 0 Å². The van der Waals surface area contributed by atoms with Crippen LogP contribution < -0.4 is 15.5 Å². The highest BCUT2D eigenvalue weighted by atomic mass is 32.1. The molecule has 2 heterocycles. The van der Waals surface area contributed by atoms with Crippen LogP contribution in [0.25, 0.3) is 0 Å². The molecular formula is C21H25F4N5S. The lowest BCUT2D eigenvalue weighted by molar-refractivity contribution is -0.141. The average Bonchev–Trinajstić information content (AvgIpc) is 2.72. The van der Waals surface area contributed by atoms with Crippen molar-refractivity contribution in [3.8, 4) is 0 Å². The molecule has 0 aliphatic carbocycles. The van der Waals surface area contributed by atoms with E-state index in [1.165, 1.54) is 12.1 Å². The Balaban J connectivity index is 1.61. The van der Waals surface area contributed by atoms with E-state index in [1.54, 1.807) is 12.1 Å². The predicted molar refractivity (Wildman–Crippen MR) is 117 cm³/mol. The number of hydrogen-bond donors (Lipinski definition) is 2. The summed E-state index contributed by atoms with van der Waals surface area (Å²) in [5, 5.41) is 5.78. The minimum Gasteiger partial charge on any atom is -0.362 e. The van der Waals surface area contributed by atoms with Gasteiger partial charge in [0.1, 0.15) is 11.6 Å². The van der Waals surface area contributed by atoms with Crippen molar-refractivity contribution in [2.75, 3.05) is 23.3 Å². The summed E-state index contributed by atoms with van der Waals surface area (Å²) in [6, 6.07) is 7.33. The maximum Gasteiger partial charge on any atom is 0.433 e. The summed E-state index contributed by atoms with van der Waals surface area (Å²) < 4.78 is 53.1. The second kappa shape index (κ2) is 10.2. The first kappa shape index (κ1) is 23.2. The van der Waals surface area contributed by atoms with E-state index >= 15 is 0 Å². The first-order valence-corrected chi connectivity index (χ1v) is 10.7. The van der Waals surface area contributed by atoms with Crippen LogP contribution in [0.2, 0.25) is 0 Å². The van der Waals surface area contributed by atoms with Gasteiger partial charge in [0.2, 0.25) is 5.95 Å². The number of halogens is 4. The van der Waals surface area contributed by atoms with Crippen molar-refractivity contribution in [3.05, 3.63) is 47.4 Å². The molecule has 0 spiro atoms. The van der Waals surface area contributed by atoms with Crippen molar-refractivity contribution in [2.45, 2.75) is 51.2 Å². The zero-order valence-corrected chi connectivity index (χ0v) is 18.0. The second-order valence-corrected chi connectivity index (χ2v) is 7.99. The maximum absolute atomic E-state index is 13.4. The summed E-state index contributed by atoms with van der Waals surface area (Å²) in [6.07, 6.45) is -0.293. The van der Waals surface area contributed by atoms with Crippen LogP contribution in [0.5, 0.6) is 0 Å². The fourth-order valence-corrected chi connectivity index (χ4v) is 3.71. The summed E-state index contributed by atoms with van der Waals surface area (Å²) in [6.45, 7) is 3.13. The maximum atomic E-state index is 13.4. The smallest absolute Gasteiger partial charge is 0.362 e. The molecule has 1 atom stereocenters. The number of anilines is 2. The molecule has 3 rings (SSSR count). The van der Waals surface area contributed by atoms with Crippen LogP contribution in [-0.4, -0.2) is 34.2 Å².